The predicted molar refractivity (Wildman–Crippen MR) is 96.9 cm³/mol. The van der Waals surface area contributed by atoms with Crippen LogP contribution in [0.25, 0.3) is 0 Å². The summed E-state index contributed by atoms with van der Waals surface area (Å²) in [5.74, 6) is 0.0770. The zero-order chi connectivity index (χ0) is 16.8. The topological polar surface area (TPSA) is 46.9 Å². The highest BCUT2D eigenvalue weighted by atomic mass is 32.1. The van der Waals surface area contributed by atoms with Crippen LogP contribution < -0.4 is 5.32 Å². The zero-order valence-electron chi connectivity index (χ0n) is 13.7. The summed E-state index contributed by atoms with van der Waals surface area (Å²) in [6.45, 7) is 0. The van der Waals surface area contributed by atoms with Crippen LogP contribution in [0.1, 0.15) is 28.5 Å². The molecule has 2 heterocycles. The fraction of sp³-hybridized carbons (Fsp3) is 0.263. The summed E-state index contributed by atoms with van der Waals surface area (Å²) in [6.07, 6.45) is 5.76. The van der Waals surface area contributed by atoms with Crippen molar-refractivity contribution in [2.75, 3.05) is 0 Å². The van der Waals surface area contributed by atoms with Crippen molar-refractivity contribution in [3.8, 4) is 0 Å². The first kappa shape index (κ1) is 16.5. The Kier molecular flexibility index (Phi) is 5.43. The summed E-state index contributed by atoms with van der Waals surface area (Å²) >= 11 is 1.68. The molecule has 5 heteroatoms. The Morgan fingerprint density at radius 3 is 2.71 bits per heavy atom. The van der Waals surface area contributed by atoms with Gasteiger partial charge in [-0.15, -0.1) is 11.3 Å². The molecule has 1 atom stereocenters. The van der Waals surface area contributed by atoms with Gasteiger partial charge in [-0.1, -0.05) is 36.4 Å². The molecule has 2 aromatic heterocycles. The van der Waals surface area contributed by atoms with E-state index in [0.29, 0.717) is 12.8 Å². The van der Waals surface area contributed by atoms with E-state index in [1.165, 1.54) is 10.4 Å². The predicted octanol–water partition coefficient (Wildman–Crippen LogP) is 3.51. The Bertz CT molecular complexity index is 765. The van der Waals surface area contributed by atoms with Gasteiger partial charge in [0.25, 0.3) is 0 Å². The number of hydrogen-bond acceptors (Lipinski definition) is 3. The molecule has 0 bridgehead atoms. The van der Waals surface area contributed by atoms with Crippen LogP contribution >= 0.6 is 11.3 Å². The third kappa shape index (κ3) is 4.55. The number of carbonyl (C=O) groups is 1. The van der Waals surface area contributed by atoms with Crippen LogP contribution in [0.5, 0.6) is 0 Å². The summed E-state index contributed by atoms with van der Waals surface area (Å²) in [5, 5.41) is 9.38. The first-order valence-corrected chi connectivity index (χ1v) is 8.93. The minimum Gasteiger partial charge on any atom is -0.348 e. The maximum Gasteiger partial charge on any atom is 0.220 e. The molecule has 1 aromatic carbocycles. The van der Waals surface area contributed by atoms with E-state index in [-0.39, 0.29) is 11.9 Å². The second-order valence-corrected chi connectivity index (χ2v) is 6.83. The lowest BCUT2D eigenvalue weighted by Gasteiger charge is -2.18. The molecule has 0 spiro atoms. The quantitative estimate of drug-likeness (QED) is 0.716. The first-order valence-electron chi connectivity index (χ1n) is 8.05. The summed E-state index contributed by atoms with van der Waals surface area (Å²) in [7, 11) is 1.89. The number of aromatic nitrogens is 2. The van der Waals surface area contributed by atoms with Crippen LogP contribution in [-0.2, 0) is 24.7 Å². The van der Waals surface area contributed by atoms with Gasteiger partial charge in [0.2, 0.25) is 5.91 Å². The molecule has 4 nitrogen and oxygen atoms in total. The van der Waals surface area contributed by atoms with E-state index in [4.69, 9.17) is 0 Å². The Labute approximate surface area is 146 Å². The van der Waals surface area contributed by atoms with Gasteiger partial charge in [-0.05, 0) is 35.4 Å². The average molecular weight is 339 g/mol. The molecule has 1 N–H and O–H groups in total. The highest BCUT2D eigenvalue weighted by molar-refractivity contribution is 7.10. The lowest BCUT2D eigenvalue weighted by atomic mass is 10.0. The Morgan fingerprint density at radius 1 is 1.21 bits per heavy atom. The number of hydrogen-bond donors (Lipinski definition) is 1. The van der Waals surface area contributed by atoms with Crippen molar-refractivity contribution in [3.05, 3.63) is 76.2 Å². The van der Waals surface area contributed by atoms with Crippen LogP contribution in [-0.4, -0.2) is 15.7 Å². The van der Waals surface area contributed by atoms with Gasteiger partial charge < -0.3 is 5.32 Å². The fourth-order valence-corrected chi connectivity index (χ4v) is 3.47. The van der Waals surface area contributed by atoms with Crippen LogP contribution in [0, 0.1) is 0 Å². The van der Waals surface area contributed by atoms with E-state index in [1.54, 1.807) is 16.0 Å². The molecule has 0 aliphatic carbocycles. The number of nitrogens with zero attached hydrogens (tertiary/aromatic N) is 2. The molecule has 0 saturated carbocycles. The van der Waals surface area contributed by atoms with Gasteiger partial charge >= 0.3 is 0 Å². The van der Waals surface area contributed by atoms with Crippen molar-refractivity contribution in [1.29, 1.82) is 0 Å². The van der Waals surface area contributed by atoms with E-state index in [1.807, 2.05) is 43.7 Å². The molecule has 124 valence electrons. The number of amides is 1. The Balaban J connectivity index is 1.62. The van der Waals surface area contributed by atoms with Crippen molar-refractivity contribution in [1.82, 2.24) is 15.1 Å². The molecule has 1 amide bonds. The summed E-state index contributed by atoms with van der Waals surface area (Å²) in [4.78, 5) is 13.6. The van der Waals surface area contributed by atoms with Crippen LogP contribution in [0.4, 0.5) is 0 Å². The van der Waals surface area contributed by atoms with Crippen LogP contribution in [0.15, 0.2) is 60.2 Å². The van der Waals surface area contributed by atoms with Gasteiger partial charge in [0, 0.05) is 24.5 Å². The maximum absolute atomic E-state index is 12.4. The smallest absolute Gasteiger partial charge is 0.220 e. The lowest BCUT2D eigenvalue weighted by Crippen LogP contribution is -2.29. The molecule has 0 fully saturated rings. The van der Waals surface area contributed by atoms with E-state index >= 15 is 0 Å². The van der Waals surface area contributed by atoms with Gasteiger partial charge in [0.1, 0.15) is 0 Å². The van der Waals surface area contributed by atoms with Crippen LogP contribution in [0.2, 0.25) is 0 Å². The second-order valence-electron chi connectivity index (χ2n) is 5.85. The van der Waals surface area contributed by atoms with Crippen molar-refractivity contribution >= 4 is 17.2 Å². The lowest BCUT2D eigenvalue weighted by molar-refractivity contribution is -0.121. The van der Waals surface area contributed by atoms with E-state index in [0.717, 1.165) is 12.0 Å². The number of carbonyl (C=O) groups excluding carboxylic acids is 1. The third-order valence-corrected chi connectivity index (χ3v) is 4.89. The summed E-state index contributed by atoms with van der Waals surface area (Å²) < 4.78 is 1.76. The number of benzene rings is 1. The van der Waals surface area contributed by atoms with Crippen molar-refractivity contribution < 1.29 is 4.79 Å². The molecule has 0 saturated heterocycles. The number of rotatable bonds is 7. The van der Waals surface area contributed by atoms with Gasteiger partial charge in [0.15, 0.2) is 0 Å². The average Bonchev–Trinajstić information content (AvgIpc) is 3.25. The van der Waals surface area contributed by atoms with E-state index < -0.39 is 0 Å². The van der Waals surface area contributed by atoms with Crippen LogP contribution in [0.3, 0.4) is 0 Å². The molecule has 0 aliphatic rings. The van der Waals surface area contributed by atoms with Gasteiger partial charge in [-0.3, -0.25) is 9.48 Å². The van der Waals surface area contributed by atoms with Crippen molar-refractivity contribution in [2.24, 2.45) is 7.05 Å². The highest BCUT2D eigenvalue weighted by Crippen LogP contribution is 2.23. The Morgan fingerprint density at radius 2 is 2.04 bits per heavy atom. The normalized spacial score (nSPS) is 12.0. The van der Waals surface area contributed by atoms with Gasteiger partial charge in [-0.25, -0.2) is 0 Å². The molecule has 3 rings (SSSR count). The number of nitrogens with one attached hydrogen (secondary N) is 1. The third-order valence-electron chi connectivity index (χ3n) is 3.90. The van der Waals surface area contributed by atoms with Crippen molar-refractivity contribution in [2.45, 2.75) is 25.3 Å². The largest absolute Gasteiger partial charge is 0.348 e. The molecule has 0 radical (unpaired) electrons. The zero-order valence-corrected chi connectivity index (χ0v) is 14.5. The first-order chi connectivity index (χ1) is 11.7. The fourth-order valence-electron chi connectivity index (χ4n) is 2.69. The van der Waals surface area contributed by atoms with E-state index in [2.05, 4.69) is 34.0 Å². The monoisotopic (exact) mass is 339 g/mol. The molecule has 3 aromatic rings. The second kappa shape index (κ2) is 7.93. The molecule has 0 unspecified atom stereocenters. The number of thiophene rings is 1. The SMILES string of the molecule is Cn1cc(CCC(=O)N[C@@H](Cc2ccccc2)c2cccs2)cn1. The molecular weight excluding hydrogens is 318 g/mol. The summed E-state index contributed by atoms with van der Waals surface area (Å²) in [5.41, 5.74) is 2.31. The number of aryl methyl sites for hydroxylation is 2. The molecule has 0 aliphatic heterocycles. The maximum atomic E-state index is 12.4. The Hall–Kier alpha value is -2.40. The summed E-state index contributed by atoms with van der Waals surface area (Å²) in [6, 6.07) is 14.4. The van der Waals surface area contributed by atoms with Crippen molar-refractivity contribution in [3.63, 3.8) is 0 Å². The standard InChI is InChI=1S/C19H21N3OS/c1-22-14-16(13-20-22)9-10-19(23)21-17(18-8-5-11-24-18)12-15-6-3-2-4-7-15/h2-8,11,13-14,17H,9-10,12H2,1H3,(H,21,23)/t17-/m0/s1. The van der Waals surface area contributed by atoms with E-state index in [9.17, 15) is 4.79 Å². The highest BCUT2D eigenvalue weighted by Gasteiger charge is 2.16. The van der Waals surface area contributed by atoms with Gasteiger partial charge in [-0.2, -0.15) is 5.10 Å². The van der Waals surface area contributed by atoms with Gasteiger partial charge in [0.05, 0.1) is 12.2 Å². The minimum atomic E-state index is 0.0220. The molecule has 24 heavy (non-hydrogen) atoms. The minimum absolute atomic E-state index is 0.0220. The molecular formula is C19H21N3OS.